The van der Waals surface area contributed by atoms with Crippen molar-refractivity contribution in [1.29, 1.82) is 0 Å². The number of likely N-dealkylation sites (tertiary alicyclic amines) is 1. The van der Waals surface area contributed by atoms with Gasteiger partial charge in [0.25, 0.3) is 0 Å². The molecule has 3 N–H and O–H groups in total. The molecular weight excluding hydrogens is 501 g/mol. The number of amides is 1. The quantitative estimate of drug-likeness (QED) is 0.203. The van der Waals surface area contributed by atoms with Crippen LogP contribution in [0.3, 0.4) is 0 Å². The third-order valence-corrected chi connectivity index (χ3v) is 6.82. The van der Waals surface area contributed by atoms with Gasteiger partial charge in [-0.3, -0.25) is 9.79 Å². The molecule has 8 nitrogen and oxygen atoms in total. The second-order valence-corrected chi connectivity index (χ2v) is 8.86. The first-order chi connectivity index (χ1) is 12.5. The summed E-state index contributed by atoms with van der Waals surface area (Å²) in [5, 5.41) is 8.20. The Hall–Kier alpha value is -0.920. The van der Waals surface area contributed by atoms with Crippen LogP contribution in [-0.4, -0.2) is 64.0 Å². The zero-order chi connectivity index (χ0) is 19.0. The second kappa shape index (κ2) is 11.8. The van der Waals surface area contributed by atoms with E-state index in [-0.39, 0.29) is 42.5 Å². The first-order valence-electron chi connectivity index (χ1n) is 8.82. The van der Waals surface area contributed by atoms with E-state index >= 15 is 0 Å². The number of aliphatic imine (C=N–C) groups is 1. The number of carbonyl (C=O) groups is 1. The predicted molar refractivity (Wildman–Crippen MR) is 119 cm³/mol. The van der Waals surface area contributed by atoms with Crippen LogP contribution in [-0.2, 0) is 14.8 Å². The van der Waals surface area contributed by atoms with Crippen molar-refractivity contribution in [3.05, 3.63) is 17.5 Å². The summed E-state index contributed by atoms with van der Waals surface area (Å²) in [5.74, 6) is 0.804. The predicted octanol–water partition coefficient (Wildman–Crippen LogP) is 1.21. The van der Waals surface area contributed by atoms with Gasteiger partial charge in [0, 0.05) is 38.6 Å². The molecule has 0 bridgehead atoms. The number of rotatable bonds is 8. The number of nitrogens with zero attached hydrogens (tertiary/aromatic N) is 2. The third kappa shape index (κ3) is 7.54. The highest BCUT2D eigenvalue weighted by molar-refractivity contribution is 14.0. The Bertz CT molecular complexity index is 710. The number of nitrogens with one attached hydrogen (secondary N) is 3. The number of sulfonamides is 1. The largest absolute Gasteiger partial charge is 0.357 e. The fourth-order valence-corrected chi connectivity index (χ4v) is 4.74. The SMILES string of the molecule is CCNC(=NCCNS(=O)(=O)c1cccs1)NC1CCN(C(=O)CC)C1.I. The van der Waals surface area contributed by atoms with E-state index in [1.54, 1.807) is 17.5 Å². The average molecular weight is 529 g/mol. The molecule has 154 valence electrons. The summed E-state index contributed by atoms with van der Waals surface area (Å²) in [6, 6.07) is 3.44. The van der Waals surface area contributed by atoms with Crippen LogP contribution >= 0.6 is 35.3 Å². The normalized spacial score (nSPS) is 17.5. The van der Waals surface area contributed by atoms with E-state index in [0.717, 1.165) is 13.0 Å². The molecule has 0 aliphatic carbocycles. The van der Waals surface area contributed by atoms with Gasteiger partial charge in [-0.05, 0) is 24.8 Å². The summed E-state index contributed by atoms with van der Waals surface area (Å²) >= 11 is 1.18. The van der Waals surface area contributed by atoms with Gasteiger partial charge in [0.05, 0.1) is 6.54 Å². The molecule has 27 heavy (non-hydrogen) atoms. The van der Waals surface area contributed by atoms with Crippen LogP contribution in [0.1, 0.15) is 26.7 Å². The molecule has 1 aromatic heterocycles. The molecular formula is C16H28IN5O3S2. The number of thiophene rings is 1. The summed E-state index contributed by atoms with van der Waals surface area (Å²) in [5.41, 5.74) is 0. The maximum atomic E-state index is 12.1. The van der Waals surface area contributed by atoms with Gasteiger partial charge in [-0.2, -0.15) is 0 Å². The van der Waals surface area contributed by atoms with Crippen molar-refractivity contribution in [2.75, 3.05) is 32.7 Å². The lowest BCUT2D eigenvalue weighted by Crippen LogP contribution is -2.45. The van der Waals surface area contributed by atoms with Crippen LogP contribution in [0.5, 0.6) is 0 Å². The van der Waals surface area contributed by atoms with Crippen molar-refractivity contribution in [1.82, 2.24) is 20.3 Å². The van der Waals surface area contributed by atoms with E-state index in [2.05, 4.69) is 20.3 Å². The molecule has 1 aliphatic heterocycles. The van der Waals surface area contributed by atoms with Gasteiger partial charge in [-0.25, -0.2) is 13.1 Å². The van der Waals surface area contributed by atoms with Gasteiger partial charge >= 0.3 is 0 Å². The minimum Gasteiger partial charge on any atom is -0.357 e. The topological polar surface area (TPSA) is 103 Å². The molecule has 1 amide bonds. The number of carbonyl (C=O) groups excluding carboxylic acids is 1. The molecule has 0 radical (unpaired) electrons. The molecule has 11 heteroatoms. The van der Waals surface area contributed by atoms with Crippen LogP contribution in [0, 0.1) is 0 Å². The van der Waals surface area contributed by atoms with Gasteiger partial charge in [0.2, 0.25) is 15.9 Å². The Morgan fingerprint density at radius 1 is 1.41 bits per heavy atom. The van der Waals surface area contributed by atoms with Crippen molar-refractivity contribution < 1.29 is 13.2 Å². The lowest BCUT2D eigenvalue weighted by molar-refractivity contribution is -0.129. The number of hydrogen-bond donors (Lipinski definition) is 3. The molecule has 2 heterocycles. The summed E-state index contributed by atoms with van der Waals surface area (Å²) < 4.78 is 27.0. The van der Waals surface area contributed by atoms with Crippen LogP contribution in [0.25, 0.3) is 0 Å². The first-order valence-corrected chi connectivity index (χ1v) is 11.2. The zero-order valence-corrected chi connectivity index (χ0v) is 19.6. The van der Waals surface area contributed by atoms with Crippen LogP contribution < -0.4 is 15.4 Å². The Morgan fingerprint density at radius 2 is 2.19 bits per heavy atom. The van der Waals surface area contributed by atoms with Crippen molar-refractivity contribution >= 4 is 57.2 Å². The number of guanidine groups is 1. The maximum absolute atomic E-state index is 12.1. The molecule has 1 fully saturated rings. The molecule has 1 aromatic rings. The fraction of sp³-hybridized carbons (Fsp3) is 0.625. The van der Waals surface area contributed by atoms with Gasteiger partial charge in [0.15, 0.2) is 5.96 Å². The minimum absolute atomic E-state index is 0. The van der Waals surface area contributed by atoms with E-state index in [9.17, 15) is 13.2 Å². The highest BCUT2D eigenvalue weighted by Crippen LogP contribution is 2.14. The maximum Gasteiger partial charge on any atom is 0.250 e. The van der Waals surface area contributed by atoms with Gasteiger partial charge in [-0.1, -0.05) is 13.0 Å². The molecule has 1 atom stereocenters. The zero-order valence-electron chi connectivity index (χ0n) is 15.6. The van der Waals surface area contributed by atoms with Gasteiger partial charge in [-0.15, -0.1) is 35.3 Å². The highest BCUT2D eigenvalue weighted by atomic mass is 127. The summed E-state index contributed by atoms with van der Waals surface area (Å²) in [6.07, 6.45) is 1.40. The molecule has 1 saturated heterocycles. The molecule has 1 aliphatic rings. The van der Waals surface area contributed by atoms with Crippen molar-refractivity contribution in [2.45, 2.75) is 36.9 Å². The van der Waals surface area contributed by atoms with E-state index < -0.39 is 10.0 Å². The summed E-state index contributed by atoms with van der Waals surface area (Å²) in [6.45, 7) is 6.51. The molecule has 0 spiro atoms. The van der Waals surface area contributed by atoms with Crippen molar-refractivity contribution in [3.8, 4) is 0 Å². The van der Waals surface area contributed by atoms with Gasteiger partial charge < -0.3 is 15.5 Å². The molecule has 0 aromatic carbocycles. The van der Waals surface area contributed by atoms with Crippen LogP contribution in [0.15, 0.2) is 26.7 Å². The molecule has 1 unspecified atom stereocenters. The Labute approximate surface area is 182 Å². The highest BCUT2D eigenvalue weighted by Gasteiger charge is 2.25. The van der Waals surface area contributed by atoms with E-state index in [1.807, 2.05) is 18.7 Å². The van der Waals surface area contributed by atoms with E-state index in [4.69, 9.17) is 0 Å². The summed E-state index contributed by atoms with van der Waals surface area (Å²) in [4.78, 5) is 18.0. The van der Waals surface area contributed by atoms with Crippen LogP contribution in [0.2, 0.25) is 0 Å². The van der Waals surface area contributed by atoms with Crippen molar-refractivity contribution in [2.24, 2.45) is 4.99 Å². The second-order valence-electron chi connectivity index (χ2n) is 5.91. The number of halogens is 1. The third-order valence-electron chi connectivity index (χ3n) is 3.96. The fourth-order valence-electron chi connectivity index (χ4n) is 2.68. The Morgan fingerprint density at radius 3 is 2.81 bits per heavy atom. The number of hydrogen-bond acceptors (Lipinski definition) is 5. The lowest BCUT2D eigenvalue weighted by atomic mass is 10.3. The lowest BCUT2D eigenvalue weighted by Gasteiger charge is -2.18. The Kier molecular flexibility index (Phi) is 10.6. The van der Waals surface area contributed by atoms with Crippen molar-refractivity contribution in [3.63, 3.8) is 0 Å². The minimum atomic E-state index is -3.46. The Balaban J connectivity index is 0.00000364. The standard InChI is InChI=1S/C16H27N5O3S2.HI/c1-3-14(22)21-10-7-13(12-21)20-16(17-4-2)18-8-9-19-26(23,24)15-6-5-11-25-15;/h5-6,11,13,19H,3-4,7-10,12H2,1-2H3,(H2,17,18,20);1H. The average Bonchev–Trinajstić information content (AvgIpc) is 3.30. The molecule has 0 saturated carbocycles. The summed E-state index contributed by atoms with van der Waals surface area (Å²) in [7, 11) is -3.46. The smallest absolute Gasteiger partial charge is 0.250 e. The monoisotopic (exact) mass is 529 g/mol. The van der Waals surface area contributed by atoms with Crippen LogP contribution in [0.4, 0.5) is 0 Å². The molecule has 2 rings (SSSR count). The van der Waals surface area contributed by atoms with E-state index in [0.29, 0.717) is 36.2 Å². The van der Waals surface area contributed by atoms with E-state index in [1.165, 1.54) is 11.3 Å². The van der Waals surface area contributed by atoms with Gasteiger partial charge in [0.1, 0.15) is 4.21 Å². The first kappa shape index (κ1) is 24.1.